The number of aromatic nitrogens is 1. The van der Waals surface area contributed by atoms with Crippen molar-refractivity contribution in [3.8, 4) is 0 Å². The van der Waals surface area contributed by atoms with E-state index in [4.69, 9.17) is 0 Å². The average Bonchev–Trinajstić information content (AvgIpc) is 2.66. The van der Waals surface area contributed by atoms with Gasteiger partial charge in [-0.2, -0.15) is 0 Å². The summed E-state index contributed by atoms with van der Waals surface area (Å²) in [4.78, 5) is 15.8. The number of ether oxygens (including phenoxy) is 1. The molecule has 4 nitrogen and oxygen atoms in total. The Morgan fingerprint density at radius 2 is 2.46 bits per heavy atom. The lowest BCUT2D eigenvalue weighted by Crippen LogP contribution is -2.20. The van der Waals surface area contributed by atoms with Gasteiger partial charge in [-0.1, -0.05) is 0 Å². The Morgan fingerprint density at radius 1 is 1.69 bits per heavy atom. The Balaban J connectivity index is 2.34. The van der Waals surface area contributed by atoms with Gasteiger partial charge in [0.2, 0.25) is 0 Å². The van der Waals surface area contributed by atoms with Gasteiger partial charge in [-0.3, -0.25) is 4.79 Å². The fourth-order valence-electron chi connectivity index (χ4n) is 1.04. The number of carbonyl (C=O) groups excluding carboxylic acids is 1. The molecule has 0 saturated carbocycles. The highest BCUT2D eigenvalue weighted by Crippen LogP contribution is 2.09. The Labute approximate surface area is 77.5 Å². The summed E-state index contributed by atoms with van der Waals surface area (Å²) in [5.74, 6) is -0.178. The Hall–Kier alpha value is -1.45. The van der Waals surface area contributed by atoms with Crippen molar-refractivity contribution in [2.75, 3.05) is 25.6 Å². The number of nitrogens with zero attached hydrogens (tertiary/aromatic N) is 1. The summed E-state index contributed by atoms with van der Waals surface area (Å²) in [6.45, 7) is 0.671. The van der Waals surface area contributed by atoms with Crippen molar-refractivity contribution in [2.24, 2.45) is 0 Å². The second-order valence-corrected chi connectivity index (χ2v) is 2.82. The molecule has 72 valence electrons. The number of hydrogen-bond acceptors (Lipinski definition) is 3. The van der Waals surface area contributed by atoms with Gasteiger partial charge < -0.3 is 14.6 Å². The summed E-state index contributed by atoms with van der Waals surface area (Å²) in [6, 6.07) is 1.96. The second-order valence-electron chi connectivity index (χ2n) is 2.82. The number of H-pyrrole nitrogens is 1. The van der Waals surface area contributed by atoms with Crippen LogP contribution in [0.3, 0.4) is 0 Å². The van der Waals surface area contributed by atoms with Crippen LogP contribution in [0, 0.1) is 0 Å². The van der Waals surface area contributed by atoms with Crippen molar-refractivity contribution >= 4 is 11.7 Å². The maximum Gasteiger partial charge on any atom is 0.307 e. The van der Waals surface area contributed by atoms with Crippen molar-refractivity contribution in [3.05, 3.63) is 18.5 Å². The standard InChI is InChI=1S/C9H14N2O2/c1-11(6-4-9(12)13-2)8-3-5-10-7-8/h3,5,7,10H,4,6H2,1-2H3. The van der Waals surface area contributed by atoms with Crippen LogP contribution in [0.5, 0.6) is 0 Å². The van der Waals surface area contributed by atoms with Crippen LogP contribution in [0.15, 0.2) is 18.5 Å². The molecule has 0 fully saturated rings. The van der Waals surface area contributed by atoms with E-state index in [1.807, 2.05) is 30.4 Å². The number of rotatable bonds is 4. The third kappa shape index (κ3) is 2.82. The van der Waals surface area contributed by atoms with E-state index < -0.39 is 0 Å². The number of methoxy groups -OCH3 is 1. The van der Waals surface area contributed by atoms with Gasteiger partial charge in [-0.25, -0.2) is 0 Å². The molecule has 0 radical (unpaired) electrons. The van der Waals surface area contributed by atoms with E-state index in [1.165, 1.54) is 7.11 Å². The van der Waals surface area contributed by atoms with E-state index in [9.17, 15) is 4.79 Å². The Bertz CT molecular complexity index is 257. The molecule has 0 aliphatic carbocycles. The molecule has 0 atom stereocenters. The molecule has 1 rings (SSSR count). The molecule has 13 heavy (non-hydrogen) atoms. The van der Waals surface area contributed by atoms with Crippen LogP contribution in [0.2, 0.25) is 0 Å². The summed E-state index contributed by atoms with van der Waals surface area (Å²) >= 11 is 0. The SMILES string of the molecule is COC(=O)CCN(C)c1cc[nH]c1. The molecule has 1 aromatic rings. The minimum absolute atomic E-state index is 0.178. The van der Waals surface area contributed by atoms with Crippen LogP contribution >= 0.6 is 0 Å². The topological polar surface area (TPSA) is 45.3 Å². The van der Waals surface area contributed by atoms with Crippen molar-refractivity contribution in [1.82, 2.24) is 4.98 Å². The molecule has 1 N–H and O–H groups in total. The third-order valence-electron chi connectivity index (χ3n) is 1.90. The number of anilines is 1. The van der Waals surface area contributed by atoms with Crippen LogP contribution in [0.25, 0.3) is 0 Å². The van der Waals surface area contributed by atoms with Crippen LogP contribution in [-0.2, 0) is 9.53 Å². The summed E-state index contributed by atoms with van der Waals surface area (Å²) in [7, 11) is 3.34. The van der Waals surface area contributed by atoms with Gasteiger partial charge in [0, 0.05) is 26.0 Å². The summed E-state index contributed by atoms with van der Waals surface area (Å²) < 4.78 is 4.54. The van der Waals surface area contributed by atoms with E-state index in [0.29, 0.717) is 13.0 Å². The highest BCUT2D eigenvalue weighted by atomic mass is 16.5. The van der Waals surface area contributed by atoms with E-state index in [0.717, 1.165) is 5.69 Å². The molecule has 0 amide bonds. The lowest BCUT2D eigenvalue weighted by Gasteiger charge is -2.15. The lowest BCUT2D eigenvalue weighted by molar-refractivity contribution is -0.140. The molecule has 1 aromatic heterocycles. The number of esters is 1. The molecular weight excluding hydrogens is 168 g/mol. The lowest BCUT2D eigenvalue weighted by atomic mass is 10.3. The average molecular weight is 182 g/mol. The fourth-order valence-corrected chi connectivity index (χ4v) is 1.04. The van der Waals surface area contributed by atoms with E-state index >= 15 is 0 Å². The predicted octanol–water partition coefficient (Wildman–Crippen LogP) is 1.01. The van der Waals surface area contributed by atoms with Gasteiger partial charge in [0.25, 0.3) is 0 Å². The highest BCUT2D eigenvalue weighted by molar-refractivity contribution is 5.69. The molecule has 0 aromatic carbocycles. The number of aromatic amines is 1. The van der Waals surface area contributed by atoms with Gasteiger partial charge in [0.1, 0.15) is 0 Å². The zero-order chi connectivity index (χ0) is 9.68. The van der Waals surface area contributed by atoms with Crippen LogP contribution in [-0.4, -0.2) is 31.7 Å². The predicted molar refractivity (Wildman–Crippen MR) is 50.7 cm³/mol. The summed E-state index contributed by atoms with van der Waals surface area (Å²) in [5, 5.41) is 0. The largest absolute Gasteiger partial charge is 0.469 e. The molecular formula is C9H14N2O2. The fraction of sp³-hybridized carbons (Fsp3) is 0.444. The number of hydrogen-bond donors (Lipinski definition) is 1. The van der Waals surface area contributed by atoms with E-state index in [2.05, 4.69) is 9.72 Å². The monoisotopic (exact) mass is 182 g/mol. The van der Waals surface area contributed by atoms with Crippen molar-refractivity contribution < 1.29 is 9.53 Å². The molecule has 0 spiro atoms. The van der Waals surface area contributed by atoms with E-state index in [1.54, 1.807) is 0 Å². The molecule has 0 bridgehead atoms. The molecule has 4 heteroatoms. The number of nitrogens with one attached hydrogen (secondary N) is 1. The minimum atomic E-state index is -0.178. The van der Waals surface area contributed by atoms with E-state index in [-0.39, 0.29) is 5.97 Å². The van der Waals surface area contributed by atoms with Crippen molar-refractivity contribution in [1.29, 1.82) is 0 Å². The molecule has 0 aliphatic heterocycles. The Morgan fingerprint density at radius 3 is 3.00 bits per heavy atom. The van der Waals surface area contributed by atoms with Crippen molar-refractivity contribution in [3.63, 3.8) is 0 Å². The van der Waals surface area contributed by atoms with Crippen LogP contribution in [0.1, 0.15) is 6.42 Å². The van der Waals surface area contributed by atoms with Gasteiger partial charge in [-0.15, -0.1) is 0 Å². The summed E-state index contributed by atoms with van der Waals surface area (Å²) in [5.41, 5.74) is 1.07. The second kappa shape index (κ2) is 4.54. The first-order valence-corrected chi connectivity index (χ1v) is 4.15. The zero-order valence-electron chi connectivity index (χ0n) is 7.91. The maximum atomic E-state index is 10.8. The quantitative estimate of drug-likeness (QED) is 0.707. The van der Waals surface area contributed by atoms with Gasteiger partial charge in [0.15, 0.2) is 0 Å². The first-order valence-electron chi connectivity index (χ1n) is 4.15. The molecule has 0 unspecified atom stereocenters. The molecule has 1 heterocycles. The zero-order valence-corrected chi connectivity index (χ0v) is 7.91. The normalized spacial score (nSPS) is 9.69. The van der Waals surface area contributed by atoms with Crippen LogP contribution < -0.4 is 4.90 Å². The highest BCUT2D eigenvalue weighted by Gasteiger charge is 2.04. The smallest absolute Gasteiger partial charge is 0.307 e. The van der Waals surface area contributed by atoms with Gasteiger partial charge in [0.05, 0.1) is 19.2 Å². The summed E-state index contributed by atoms with van der Waals surface area (Å²) in [6.07, 6.45) is 4.15. The van der Waals surface area contributed by atoms with Gasteiger partial charge in [-0.05, 0) is 6.07 Å². The van der Waals surface area contributed by atoms with Crippen molar-refractivity contribution in [2.45, 2.75) is 6.42 Å². The Kier molecular flexibility index (Phi) is 3.37. The van der Waals surface area contributed by atoms with Gasteiger partial charge >= 0.3 is 5.97 Å². The number of carbonyl (C=O) groups is 1. The molecule has 0 aliphatic rings. The first-order chi connectivity index (χ1) is 6.24. The molecule has 0 saturated heterocycles. The maximum absolute atomic E-state index is 10.8. The third-order valence-corrected chi connectivity index (χ3v) is 1.90. The minimum Gasteiger partial charge on any atom is -0.469 e. The van der Waals surface area contributed by atoms with Crippen LogP contribution in [0.4, 0.5) is 5.69 Å². The first kappa shape index (κ1) is 9.64.